The van der Waals surface area contributed by atoms with Gasteiger partial charge in [0.2, 0.25) is 0 Å². The van der Waals surface area contributed by atoms with Crippen LogP contribution in [-0.2, 0) is 6.54 Å². The number of aliphatic hydroxyl groups is 1. The molecule has 3 heterocycles. The summed E-state index contributed by atoms with van der Waals surface area (Å²) in [6.07, 6.45) is 2.68. The molecule has 0 amide bonds. The van der Waals surface area contributed by atoms with Gasteiger partial charge in [-0.15, -0.1) is 10.2 Å². The highest BCUT2D eigenvalue weighted by Crippen LogP contribution is 2.34. The molecule has 1 fully saturated rings. The van der Waals surface area contributed by atoms with E-state index in [0.29, 0.717) is 5.92 Å². The minimum atomic E-state index is -0.394. The predicted molar refractivity (Wildman–Crippen MR) is 58.9 cm³/mol. The molecule has 2 atom stereocenters. The van der Waals surface area contributed by atoms with E-state index in [1.165, 1.54) is 12.2 Å². The van der Waals surface area contributed by atoms with E-state index in [9.17, 15) is 5.11 Å². The van der Waals surface area contributed by atoms with E-state index in [1.807, 2.05) is 11.8 Å². The Hall–Kier alpha value is -0.550. The van der Waals surface area contributed by atoms with E-state index in [-0.39, 0.29) is 0 Å². The number of aromatic nitrogens is 3. The minimum absolute atomic E-state index is 0.394. The first-order chi connectivity index (χ1) is 7.36. The quantitative estimate of drug-likeness (QED) is 0.783. The third-order valence-corrected chi connectivity index (χ3v) is 4.42. The first kappa shape index (κ1) is 9.66. The molecule has 2 aliphatic rings. The highest BCUT2D eigenvalue weighted by Gasteiger charge is 2.28. The fourth-order valence-corrected chi connectivity index (χ4v) is 3.63. The molecular weight excluding hydrogens is 210 g/mol. The van der Waals surface area contributed by atoms with Gasteiger partial charge in [-0.1, -0.05) is 0 Å². The van der Waals surface area contributed by atoms with Gasteiger partial charge in [0.15, 0.2) is 5.82 Å². The van der Waals surface area contributed by atoms with Crippen LogP contribution in [0.3, 0.4) is 0 Å². The highest BCUT2D eigenvalue weighted by atomic mass is 32.2. The maximum absolute atomic E-state index is 9.79. The molecule has 0 spiro atoms. The van der Waals surface area contributed by atoms with Gasteiger partial charge in [0.05, 0.1) is 0 Å². The van der Waals surface area contributed by atoms with Gasteiger partial charge in [0, 0.05) is 18.2 Å². The van der Waals surface area contributed by atoms with Crippen molar-refractivity contribution in [3.8, 4) is 0 Å². The molecule has 5 heteroatoms. The molecule has 15 heavy (non-hydrogen) atoms. The summed E-state index contributed by atoms with van der Waals surface area (Å²) in [7, 11) is 0. The molecule has 1 N–H and O–H groups in total. The first-order valence-corrected chi connectivity index (χ1v) is 6.70. The lowest BCUT2D eigenvalue weighted by Gasteiger charge is -2.20. The maximum atomic E-state index is 9.79. The predicted octanol–water partition coefficient (Wildman–Crippen LogP) is 1.33. The SMILES string of the molecule is OC1CCCn2c1nnc2C1CCSC1. The minimum Gasteiger partial charge on any atom is -0.385 e. The van der Waals surface area contributed by atoms with Gasteiger partial charge >= 0.3 is 0 Å². The number of hydrogen-bond donors (Lipinski definition) is 1. The van der Waals surface area contributed by atoms with Crippen molar-refractivity contribution in [3.05, 3.63) is 11.6 Å². The zero-order valence-electron chi connectivity index (χ0n) is 8.59. The Bertz CT molecular complexity index is 360. The molecule has 2 aliphatic heterocycles. The average Bonchev–Trinajstić information content (AvgIpc) is 2.85. The van der Waals surface area contributed by atoms with Gasteiger partial charge in [-0.3, -0.25) is 0 Å². The van der Waals surface area contributed by atoms with Crippen LogP contribution in [0.2, 0.25) is 0 Å². The Balaban J connectivity index is 1.95. The van der Waals surface area contributed by atoms with Crippen molar-refractivity contribution in [1.82, 2.24) is 14.8 Å². The lowest BCUT2D eigenvalue weighted by Crippen LogP contribution is -2.19. The summed E-state index contributed by atoms with van der Waals surface area (Å²) < 4.78 is 2.14. The van der Waals surface area contributed by atoms with Crippen LogP contribution in [0, 0.1) is 0 Å². The van der Waals surface area contributed by atoms with E-state index < -0.39 is 6.10 Å². The molecule has 3 rings (SSSR count). The Morgan fingerprint density at radius 3 is 2.93 bits per heavy atom. The molecular formula is C10H15N3OS. The molecule has 0 saturated carbocycles. The maximum Gasteiger partial charge on any atom is 0.161 e. The van der Waals surface area contributed by atoms with Gasteiger partial charge in [-0.25, -0.2) is 0 Å². The van der Waals surface area contributed by atoms with E-state index >= 15 is 0 Å². The summed E-state index contributed by atoms with van der Waals surface area (Å²) >= 11 is 1.99. The average molecular weight is 225 g/mol. The van der Waals surface area contributed by atoms with Gasteiger partial charge in [0.25, 0.3) is 0 Å². The first-order valence-electron chi connectivity index (χ1n) is 5.55. The van der Waals surface area contributed by atoms with Gasteiger partial charge in [0.1, 0.15) is 11.9 Å². The van der Waals surface area contributed by atoms with E-state index in [0.717, 1.165) is 36.8 Å². The van der Waals surface area contributed by atoms with Crippen molar-refractivity contribution in [2.75, 3.05) is 11.5 Å². The summed E-state index contributed by atoms with van der Waals surface area (Å²) in [6.45, 7) is 0.982. The lowest BCUT2D eigenvalue weighted by molar-refractivity contribution is 0.132. The molecule has 82 valence electrons. The van der Waals surface area contributed by atoms with Crippen molar-refractivity contribution in [2.24, 2.45) is 0 Å². The van der Waals surface area contributed by atoms with Gasteiger partial charge in [-0.05, 0) is 25.0 Å². The molecule has 1 aromatic heterocycles. The molecule has 0 aromatic carbocycles. The van der Waals surface area contributed by atoms with Crippen LogP contribution in [-0.4, -0.2) is 31.4 Å². The largest absolute Gasteiger partial charge is 0.385 e. The molecule has 2 unspecified atom stereocenters. The number of nitrogens with zero attached hydrogens (tertiary/aromatic N) is 3. The number of thioether (sulfide) groups is 1. The zero-order chi connectivity index (χ0) is 10.3. The van der Waals surface area contributed by atoms with Crippen LogP contribution in [0.15, 0.2) is 0 Å². The van der Waals surface area contributed by atoms with Crippen LogP contribution < -0.4 is 0 Å². The fourth-order valence-electron chi connectivity index (χ4n) is 2.42. The second-order valence-corrected chi connectivity index (χ2v) is 5.44. The zero-order valence-corrected chi connectivity index (χ0v) is 9.41. The van der Waals surface area contributed by atoms with Crippen molar-refractivity contribution in [1.29, 1.82) is 0 Å². The van der Waals surface area contributed by atoms with Crippen LogP contribution >= 0.6 is 11.8 Å². The summed E-state index contributed by atoms with van der Waals surface area (Å²) in [5.74, 6) is 4.84. The van der Waals surface area contributed by atoms with Crippen LogP contribution in [0.5, 0.6) is 0 Å². The van der Waals surface area contributed by atoms with Crippen molar-refractivity contribution in [3.63, 3.8) is 0 Å². The number of aliphatic hydroxyl groups excluding tert-OH is 1. The Morgan fingerprint density at radius 2 is 2.13 bits per heavy atom. The van der Waals surface area contributed by atoms with Crippen LogP contribution in [0.4, 0.5) is 0 Å². The lowest BCUT2D eigenvalue weighted by atomic mass is 10.1. The summed E-state index contributed by atoms with van der Waals surface area (Å²) in [4.78, 5) is 0. The molecule has 1 saturated heterocycles. The molecule has 1 aromatic rings. The van der Waals surface area contributed by atoms with Crippen LogP contribution in [0.1, 0.15) is 42.9 Å². The molecule has 0 aliphatic carbocycles. The Morgan fingerprint density at radius 1 is 1.27 bits per heavy atom. The van der Waals surface area contributed by atoms with Gasteiger partial charge < -0.3 is 9.67 Å². The third-order valence-electron chi connectivity index (χ3n) is 3.26. The number of rotatable bonds is 1. The summed E-state index contributed by atoms with van der Waals surface area (Å²) in [5.41, 5.74) is 0. The number of fused-ring (bicyclic) bond motifs is 1. The molecule has 4 nitrogen and oxygen atoms in total. The smallest absolute Gasteiger partial charge is 0.161 e. The summed E-state index contributed by atoms with van der Waals surface area (Å²) in [5, 5.41) is 18.2. The Labute approximate surface area is 93.1 Å². The van der Waals surface area contributed by atoms with E-state index in [4.69, 9.17) is 0 Å². The van der Waals surface area contributed by atoms with E-state index in [1.54, 1.807) is 0 Å². The summed E-state index contributed by atoms with van der Waals surface area (Å²) in [6, 6.07) is 0. The monoisotopic (exact) mass is 225 g/mol. The highest BCUT2D eigenvalue weighted by molar-refractivity contribution is 7.99. The van der Waals surface area contributed by atoms with Crippen molar-refractivity contribution >= 4 is 11.8 Å². The van der Waals surface area contributed by atoms with Crippen molar-refractivity contribution < 1.29 is 5.11 Å². The molecule has 0 radical (unpaired) electrons. The second-order valence-electron chi connectivity index (χ2n) is 4.29. The number of hydrogen-bond acceptors (Lipinski definition) is 4. The third kappa shape index (κ3) is 1.58. The molecule has 0 bridgehead atoms. The van der Waals surface area contributed by atoms with Crippen LogP contribution in [0.25, 0.3) is 0 Å². The normalized spacial score (nSPS) is 30.5. The van der Waals surface area contributed by atoms with E-state index in [2.05, 4.69) is 14.8 Å². The fraction of sp³-hybridized carbons (Fsp3) is 0.800. The van der Waals surface area contributed by atoms with Crippen molar-refractivity contribution in [2.45, 2.75) is 37.8 Å². The Kier molecular flexibility index (Phi) is 2.44. The topological polar surface area (TPSA) is 50.9 Å². The van der Waals surface area contributed by atoms with Gasteiger partial charge in [-0.2, -0.15) is 11.8 Å². The second kappa shape index (κ2) is 3.79. The standard InChI is InChI=1S/C10H15N3OS/c14-8-2-1-4-13-9(11-12-10(8)13)7-3-5-15-6-7/h7-8,14H,1-6H2.